The Balaban J connectivity index is 1.32. The summed E-state index contributed by atoms with van der Waals surface area (Å²) in [4.78, 5) is 26.0. The van der Waals surface area contributed by atoms with Gasteiger partial charge in [-0.1, -0.05) is 41.4 Å². The minimum absolute atomic E-state index is 0.0937. The lowest BCUT2D eigenvalue weighted by molar-refractivity contribution is 0.244. The van der Waals surface area contributed by atoms with Gasteiger partial charge in [0, 0.05) is 52.9 Å². The number of halogens is 2. The van der Waals surface area contributed by atoms with Crippen LogP contribution < -0.4 is 10.5 Å². The van der Waals surface area contributed by atoms with E-state index >= 15 is 0 Å². The Morgan fingerprint density at radius 2 is 1.77 bits per heavy atom. The maximum atomic E-state index is 12.9. The molecule has 1 aliphatic heterocycles. The summed E-state index contributed by atoms with van der Waals surface area (Å²) < 4.78 is 0. The SMILES string of the molecule is O=c1[nH]c(CN2CCN(c3cccc(Cl)c3)CC2)nc2scc(-c3ccc(Cl)cc3)c12. The van der Waals surface area contributed by atoms with E-state index in [1.54, 1.807) is 0 Å². The van der Waals surface area contributed by atoms with Crippen LogP contribution in [0, 0.1) is 0 Å². The number of aromatic amines is 1. The Morgan fingerprint density at radius 1 is 1.00 bits per heavy atom. The molecule has 0 saturated carbocycles. The van der Waals surface area contributed by atoms with Crippen molar-refractivity contribution in [2.45, 2.75) is 6.54 Å². The second-order valence-electron chi connectivity index (χ2n) is 7.59. The highest BCUT2D eigenvalue weighted by molar-refractivity contribution is 7.17. The number of thiophene rings is 1. The summed E-state index contributed by atoms with van der Waals surface area (Å²) in [6, 6.07) is 15.5. The highest BCUT2D eigenvalue weighted by Gasteiger charge is 2.19. The summed E-state index contributed by atoms with van der Waals surface area (Å²) in [5.74, 6) is 0.707. The number of hydrogen-bond donors (Lipinski definition) is 1. The van der Waals surface area contributed by atoms with Gasteiger partial charge in [0.05, 0.1) is 11.9 Å². The number of rotatable bonds is 4. The second-order valence-corrected chi connectivity index (χ2v) is 9.32. The Hall–Kier alpha value is -2.38. The topological polar surface area (TPSA) is 52.2 Å². The fourth-order valence-electron chi connectivity index (χ4n) is 3.96. The van der Waals surface area contributed by atoms with E-state index in [2.05, 4.69) is 20.9 Å². The van der Waals surface area contributed by atoms with Gasteiger partial charge in [0.25, 0.3) is 5.56 Å². The van der Waals surface area contributed by atoms with Gasteiger partial charge in [0.1, 0.15) is 10.7 Å². The van der Waals surface area contributed by atoms with Gasteiger partial charge in [-0.05, 0) is 35.9 Å². The molecule has 1 fully saturated rings. The molecule has 0 bridgehead atoms. The van der Waals surface area contributed by atoms with Crippen molar-refractivity contribution in [1.29, 1.82) is 0 Å². The molecule has 1 N–H and O–H groups in total. The number of fused-ring (bicyclic) bond motifs is 1. The molecule has 2 aromatic heterocycles. The molecule has 1 saturated heterocycles. The number of nitrogens with one attached hydrogen (secondary N) is 1. The summed E-state index contributed by atoms with van der Waals surface area (Å²) in [6.45, 7) is 4.24. The summed E-state index contributed by atoms with van der Waals surface area (Å²) in [6.07, 6.45) is 0. The predicted molar refractivity (Wildman–Crippen MR) is 130 cm³/mol. The van der Waals surface area contributed by atoms with Gasteiger partial charge in [-0.3, -0.25) is 9.69 Å². The Kier molecular flexibility index (Phi) is 5.71. The van der Waals surface area contributed by atoms with Crippen molar-refractivity contribution >= 4 is 50.4 Å². The van der Waals surface area contributed by atoms with E-state index in [-0.39, 0.29) is 5.56 Å². The first-order valence-corrected chi connectivity index (χ1v) is 11.7. The van der Waals surface area contributed by atoms with Crippen LogP contribution in [0.1, 0.15) is 5.82 Å². The molecule has 5 nitrogen and oxygen atoms in total. The molecule has 1 aliphatic rings. The van der Waals surface area contributed by atoms with Gasteiger partial charge >= 0.3 is 0 Å². The first-order chi connectivity index (χ1) is 15.1. The Morgan fingerprint density at radius 3 is 2.52 bits per heavy atom. The highest BCUT2D eigenvalue weighted by atomic mass is 35.5. The number of benzene rings is 2. The van der Waals surface area contributed by atoms with Crippen LogP contribution in [0.2, 0.25) is 10.0 Å². The molecule has 0 atom stereocenters. The third kappa shape index (κ3) is 4.34. The third-order valence-corrected chi connectivity index (χ3v) is 6.93. The van der Waals surface area contributed by atoms with Crippen LogP contribution in [-0.2, 0) is 6.54 Å². The van der Waals surface area contributed by atoms with Crippen molar-refractivity contribution in [1.82, 2.24) is 14.9 Å². The highest BCUT2D eigenvalue weighted by Crippen LogP contribution is 2.31. The van der Waals surface area contributed by atoms with Crippen LogP contribution in [0.15, 0.2) is 58.7 Å². The number of nitrogens with zero attached hydrogens (tertiary/aromatic N) is 3. The molecule has 3 heterocycles. The molecule has 0 amide bonds. The molecule has 0 aliphatic carbocycles. The van der Waals surface area contributed by atoms with Crippen molar-refractivity contribution < 1.29 is 0 Å². The molecule has 8 heteroatoms. The first-order valence-electron chi connectivity index (χ1n) is 10.1. The molecule has 5 rings (SSSR count). The van der Waals surface area contributed by atoms with E-state index < -0.39 is 0 Å². The number of hydrogen-bond acceptors (Lipinski definition) is 5. The molecule has 158 valence electrons. The van der Waals surface area contributed by atoms with Crippen LogP contribution in [0.25, 0.3) is 21.3 Å². The van der Waals surface area contributed by atoms with Crippen LogP contribution in [0.5, 0.6) is 0 Å². The monoisotopic (exact) mass is 470 g/mol. The average molecular weight is 471 g/mol. The molecule has 0 spiro atoms. The second kappa shape index (κ2) is 8.63. The van der Waals surface area contributed by atoms with Crippen LogP contribution >= 0.6 is 34.5 Å². The number of H-pyrrole nitrogens is 1. The van der Waals surface area contributed by atoms with E-state index in [1.807, 2.05) is 47.8 Å². The van der Waals surface area contributed by atoms with Gasteiger partial charge < -0.3 is 9.88 Å². The lowest BCUT2D eigenvalue weighted by Crippen LogP contribution is -2.46. The van der Waals surface area contributed by atoms with Crippen molar-refractivity contribution in [3.63, 3.8) is 0 Å². The van der Waals surface area contributed by atoms with E-state index in [1.165, 1.54) is 11.3 Å². The fraction of sp³-hybridized carbons (Fsp3) is 0.217. The van der Waals surface area contributed by atoms with Gasteiger partial charge in [-0.2, -0.15) is 0 Å². The number of aromatic nitrogens is 2. The standard InChI is InChI=1S/C23H20Cl2N4OS/c24-16-6-4-15(5-7-16)19-14-31-23-21(19)22(30)26-20(27-23)13-28-8-10-29(11-9-28)18-3-1-2-17(25)12-18/h1-7,12,14H,8-11,13H2,(H,26,27,30). The van der Waals surface area contributed by atoms with Crippen LogP contribution in [0.4, 0.5) is 5.69 Å². The van der Waals surface area contributed by atoms with Crippen molar-refractivity contribution in [2.24, 2.45) is 0 Å². The van der Waals surface area contributed by atoms with Crippen molar-refractivity contribution in [3.05, 3.63) is 80.1 Å². The molecule has 0 unspecified atom stereocenters. The van der Waals surface area contributed by atoms with Crippen LogP contribution in [0.3, 0.4) is 0 Å². The fourth-order valence-corrected chi connectivity index (χ4v) is 5.24. The summed E-state index contributed by atoms with van der Waals surface area (Å²) in [5, 5.41) is 4.06. The minimum atomic E-state index is -0.0937. The van der Waals surface area contributed by atoms with Gasteiger partial charge in [-0.15, -0.1) is 11.3 Å². The summed E-state index contributed by atoms with van der Waals surface area (Å²) >= 11 is 13.6. The van der Waals surface area contributed by atoms with E-state index in [0.29, 0.717) is 22.8 Å². The van der Waals surface area contributed by atoms with E-state index in [4.69, 9.17) is 28.2 Å². The van der Waals surface area contributed by atoms with Gasteiger partial charge in [0.15, 0.2) is 0 Å². The van der Waals surface area contributed by atoms with Crippen LogP contribution in [-0.4, -0.2) is 41.0 Å². The third-order valence-electron chi connectivity index (χ3n) is 5.57. The van der Waals surface area contributed by atoms with Gasteiger partial charge in [-0.25, -0.2) is 4.98 Å². The molecule has 2 aromatic carbocycles. The van der Waals surface area contributed by atoms with Gasteiger partial charge in [0.2, 0.25) is 0 Å². The minimum Gasteiger partial charge on any atom is -0.369 e. The zero-order chi connectivity index (χ0) is 21.4. The number of anilines is 1. The molecule has 31 heavy (non-hydrogen) atoms. The lowest BCUT2D eigenvalue weighted by Gasteiger charge is -2.35. The quantitative estimate of drug-likeness (QED) is 0.440. The van der Waals surface area contributed by atoms with E-state index in [0.717, 1.165) is 52.8 Å². The normalized spacial score (nSPS) is 15.0. The maximum Gasteiger partial charge on any atom is 0.260 e. The lowest BCUT2D eigenvalue weighted by atomic mass is 10.1. The Bertz CT molecular complexity index is 1280. The Labute approximate surface area is 193 Å². The van der Waals surface area contributed by atoms with Crippen molar-refractivity contribution in [2.75, 3.05) is 31.1 Å². The smallest absolute Gasteiger partial charge is 0.260 e. The summed E-state index contributed by atoms with van der Waals surface area (Å²) in [5.41, 5.74) is 2.91. The predicted octanol–water partition coefficient (Wildman–Crippen LogP) is 5.28. The van der Waals surface area contributed by atoms with E-state index in [9.17, 15) is 4.79 Å². The zero-order valence-corrected chi connectivity index (χ0v) is 19.0. The van der Waals surface area contributed by atoms with Crippen molar-refractivity contribution in [3.8, 4) is 11.1 Å². The molecule has 4 aromatic rings. The molecular weight excluding hydrogens is 451 g/mol. The molecule has 0 radical (unpaired) electrons. The largest absolute Gasteiger partial charge is 0.369 e. The zero-order valence-electron chi connectivity index (χ0n) is 16.6. The first kappa shape index (κ1) is 20.5. The summed E-state index contributed by atoms with van der Waals surface area (Å²) in [7, 11) is 0. The average Bonchev–Trinajstić information content (AvgIpc) is 3.19. The maximum absolute atomic E-state index is 12.9. The molecular formula is C23H20Cl2N4OS. The number of piperazine rings is 1.